The Morgan fingerprint density at radius 2 is 2.00 bits per heavy atom. The van der Waals surface area contributed by atoms with Crippen LogP contribution in [0.25, 0.3) is 0 Å². The first kappa shape index (κ1) is 13.1. The molecule has 0 atom stereocenters. The first-order valence-electron chi connectivity index (χ1n) is 6.71. The topological polar surface area (TPSA) is 45.5 Å². The van der Waals surface area contributed by atoms with E-state index >= 15 is 0 Å². The van der Waals surface area contributed by atoms with Gasteiger partial charge in [-0.15, -0.1) is 0 Å². The van der Waals surface area contributed by atoms with Gasteiger partial charge in [-0.05, 0) is 24.3 Å². The molecule has 2 aromatic rings. The minimum Gasteiger partial charge on any atom is -0.497 e. The van der Waals surface area contributed by atoms with Gasteiger partial charge in [-0.25, -0.2) is 4.98 Å². The van der Waals surface area contributed by atoms with Crippen molar-refractivity contribution in [3.63, 3.8) is 0 Å². The highest BCUT2D eigenvalue weighted by atomic mass is 16.7. The van der Waals surface area contributed by atoms with E-state index in [1.54, 1.807) is 19.6 Å². The molecule has 0 radical (unpaired) electrons. The van der Waals surface area contributed by atoms with Gasteiger partial charge in [0.25, 0.3) is 0 Å². The lowest BCUT2D eigenvalue weighted by Gasteiger charge is -2.28. The summed E-state index contributed by atoms with van der Waals surface area (Å²) in [7, 11) is 1.66. The van der Waals surface area contributed by atoms with Gasteiger partial charge in [-0.2, -0.15) is 0 Å². The molecule has 0 amide bonds. The number of nitrogens with zero attached hydrogens (tertiary/aromatic N) is 2. The van der Waals surface area contributed by atoms with Crippen molar-refractivity contribution in [2.75, 3.05) is 20.3 Å². The molecule has 0 bridgehead atoms. The number of rotatable bonds is 5. The third-order valence-electron chi connectivity index (χ3n) is 3.54. The highest BCUT2D eigenvalue weighted by molar-refractivity contribution is 5.30. The number of hydrogen-bond acceptors (Lipinski definition) is 4. The van der Waals surface area contributed by atoms with Crippen LogP contribution in [-0.4, -0.2) is 29.9 Å². The van der Waals surface area contributed by atoms with E-state index in [1.807, 2.05) is 35.0 Å². The lowest BCUT2D eigenvalue weighted by atomic mass is 10.0. The maximum absolute atomic E-state index is 5.90. The van der Waals surface area contributed by atoms with Crippen LogP contribution in [0.5, 0.6) is 5.75 Å². The quantitative estimate of drug-likeness (QED) is 0.838. The maximum Gasteiger partial charge on any atom is 0.196 e. The standard InChI is InChI=1S/C15H18N2O3/c1-18-14-4-2-13(3-5-14)15(19-10-11-20-15)6-8-17-9-7-16-12-17/h2-5,7,9,12H,6,8,10-11H2,1H3. The van der Waals surface area contributed by atoms with E-state index in [4.69, 9.17) is 14.2 Å². The van der Waals surface area contributed by atoms with Crippen LogP contribution in [0.1, 0.15) is 12.0 Å². The van der Waals surface area contributed by atoms with Gasteiger partial charge in [0, 0.05) is 30.9 Å². The number of aryl methyl sites for hydroxylation is 1. The predicted molar refractivity (Wildman–Crippen MR) is 73.4 cm³/mol. The number of methoxy groups -OCH3 is 1. The van der Waals surface area contributed by atoms with Crippen LogP contribution in [-0.2, 0) is 21.8 Å². The van der Waals surface area contributed by atoms with E-state index < -0.39 is 5.79 Å². The maximum atomic E-state index is 5.90. The summed E-state index contributed by atoms with van der Waals surface area (Å²) in [5.74, 6) is 0.174. The van der Waals surface area contributed by atoms with E-state index in [0.29, 0.717) is 13.2 Å². The molecule has 1 aromatic heterocycles. The van der Waals surface area contributed by atoms with Gasteiger partial charge in [0.05, 0.1) is 26.7 Å². The van der Waals surface area contributed by atoms with E-state index in [9.17, 15) is 0 Å². The Bertz CT molecular complexity index is 531. The van der Waals surface area contributed by atoms with Gasteiger partial charge in [-0.3, -0.25) is 0 Å². The summed E-state index contributed by atoms with van der Waals surface area (Å²) in [6.07, 6.45) is 6.26. The minimum atomic E-state index is -0.656. The molecule has 106 valence electrons. The monoisotopic (exact) mass is 274 g/mol. The van der Waals surface area contributed by atoms with Crippen molar-refractivity contribution in [1.82, 2.24) is 9.55 Å². The number of hydrogen-bond donors (Lipinski definition) is 0. The first-order valence-corrected chi connectivity index (χ1v) is 6.71. The Morgan fingerprint density at radius 3 is 2.60 bits per heavy atom. The van der Waals surface area contributed by atoms with E-state index in [2.05, 4.69) is 4.98 Å². The molecule has 1 aliphatic rings. The third-order valence-corrected chi connectivity index (χ3v) is 3.54. The lowest BCUT2D eigenvalue weighted by molar-refractivity contribution is -0.172. The number of aromatic nitrogens is 2. The Balaban J connectivity index is 1.79. The van der Waals surface area contributed by atoms with Gasteiger partial charge in [0.2, 0.25) is 0 Å². The van der Waals surface area contributed by atoms with Crippen LogP contribution in [0, 0.1) is 0 Å². The summed E-state index contributed by atoms with van der Waals surface area (Å²) in [6.45, 7) is 2.04. The second kappa shape index (κ2) is 5.64. The van der Waals surface area contributed by atoms with E-state index in [1.165, 1.54) is 0 Å². The molecule has 0 spiro atoms. The van der Waals surface area contributed by atoms with Crippen LogP contribution in [0.3, 0.4) is 0 Å². The fourth-order valence-corrected chi connectivity index (χ4v) is 2.45. The molecule has 1 fully saturated rings. The first-order chi connectivity index (χ1) is 9.82. The largest absolute Gasteiger partial charge is 0.497 e. The fourth-order valence-electron chi connectivity index (χ4n) is 2.45. The summed E-state index contributed by atoms with van der Waals surface area (Å²) in [5.41, 5.74) is 1.02. The molecule has 0 N–H and O–H groups in total. The van der Waals surface area contributed by atoms with Crippen molar-refractivity contribution in [3.05, 3.63) is 48.5 Å². The SMILES string of the molecule is COc1ccc(C2(CCn3ccnc3)OCCO2)cc1. The molecule has 0 aliphatic carbocycles. The number of benzene rings is 1. The molecule has 1 aromatic carbocycles. The molecule has 2 heterocycles. The molecule has 0 unspecified atom stereocenters. The van der Waals surface area contributed by atoms with Crippen molar-refractivity contribution in [2.45, 2.75) is 18.8 Å². The Kier molecular flexibility index (Phi) is 3.71. The second-order valence-electron chi connectivity index (χ2n) is 4.73. The van der Waals surface area contributed by atoms with Crippen molar-refractivity contribution in [1.29, 1.82) is 0 Å². The average Bonchev–Trinajstić information content (AvgIpc) is 3.17. The second-order valence-corrected chi connectivity index (χ2v) is 4.73. The van der Waals surface area contributed by atoms with Crippen LogP contribution < -0.4 is 4.74 Å². The highest BCUT2D eigenvalue weighted by Crippen LogP contribution is 2.36. The van der Waals surface area contributed by atoms with Gasteiger partial charge in [0.1, 0.15) is 5.75 Å². The zero-order valence-corrected chi connectivity index (χ0v) is 11.5. The molecule has 20 heavy (non-hydrogen) atoms. The zero-order valence-electron chi connectivity index (χ0n) is 11.5. The van der Waals surface area contributed by atoms with Crippen LogP contribution in [0.2, 0.25) is 0 Å². The van der Waals surface area contributed by atoms with Crippen LogP contribution in [0.4, 0.5) is 0 Å². The fraction of sp³-hybridized carbons (Fsp3) is 0.400. The Hall–Kier alpha value is -1.85. The molecular weight excluding hydrogens is 256 g/mol. The summed E-state index contributed by atoms with van der Waals surface area (Å²) in [6, 6.07) is 7.86. The number of imidazole rings is 1. The summed E-state index contributed by atoms with van der Waals surface area (Å²) in [4.78, 5) is 4.05. The average molecular weight is 274 g/mol. The lowest BCUT2D eigenvalue weighted by Crippen LogP contribution is -2.28. The van der Waals surface area contributed by atoms with Crippen molar-refractivity contribution >= 4 is 0 Å². The van der Waals surface area contributed by atoms with E-state index in [0.717, 1.165) is 24.3 Å². The molecule has 1 saturated heterocycles. The molecule has 5 nitrogen and oxygen atoms in total. The summed E-state index contributed by atoms with van der Waals surface area (Å²) in [5, 5.41) is 0. The Labute approximate surface area is 118 Å². The van der Waals surface area contributed by atoms with Crippen molar-refractivity contribution in [3.8, 4) is 5.75 Å². The molecule has 1 aliphatic heterocycles. The summed E-state index contributed by atoms with van der Waals surface area (Å²) >= 11 is 0. The molecular formula is C15H18N2O3. The molecule has 5 heteroatoms. The van der Waals surface area contributed by atoms with Crippen LogP contribution >= 0.6 is 0 Å². The van der Waals surface area contributed by atoms with Gasteiger partial charge < -0.3 is 18.8 Å². The van der Waals surface area contributed by atoms with Gasteiger partial charge >= 0.3 is 0 Å². The van der Waals surface area contributed by atoms with Crippen molar-refractivity contribution in [2.24, 2.45) is 0 Å². The summed E-state index contributed by atoms with van der Waals surface area (Å²) < 4.78 is 19.0. The Morgan fingerprint density at radius 1 is 1.25 bits per heavy atom. The zero-order chi connectivity index (χ0) is 13.8. The van der Waals surface area contributed by atoms with Gasteiger partial charge in [0.15, 0.2) is 5.79 Å². The van der Waals surface area contributed by atoms with Crippen molar-refractivity contribution < 1.29 is 14.2 Å². The number of ether oxygens (including phenoxy) is 3. The third kappa shape index (κ3) is 2.55. The minimum absolute atomic E-state index is 0.621. The highest BCUT2D eigenvalue weighted by Gasteiger charge is 2.38. The molecule has 3 rings (SSSR count). The predicted octanol–water partition coefficient (Wildman–Crippen LogP) is 2.18. The van der Waals surface area contributed by atoms with E-state index in [-0.39, 0.29) is 0 Å². The smallest absolute Gasteiger partial charge is 0.196 e. The normalized spacial score (nSPS) is 17.2. The molecule has 0 saturated carbocycles. The van der Waals surface area contributed by atoms with Gasteiger partial charge in [-0.1, -0.05) is 0 Å². The van der Waals surface area contributed by atoms with Crippen LogP contribution in [0.15, 0.2) is 43.0 Å².